The number of hydrogen-bond acceptors (Lipinski definition) is 5. The van der Waals surface area contributed by atoms with Crippen LogP contribution in [-0.2, 0) is 16.1 Å². The van der Waals surface area contributed by atoms with E-state index in [0.717, 1.165) is 68.0 Å². The first kappa shape index (κ1) is 19.7. The molecule has 1 aromatic carbocycles. The first-order valence-corrected chi connectivity index (χ1v) is 10.9. The van der Waals surface area contributed by atoms with E-state index in [1.54, 1.807) is 0 Å². The molecule has 0 N–H and O–H groups in total. The summed E-state index contributed by atoms with van der Waals surface area (Å²) in [5, 5.41) is 0. The zero-order valence-electron chi connectivity index (χ0n) is 16.1. The number of benzene rings is 1. The van der Waals surface area contributed by atoms with Gasteiger partial charge in [-0.3, -0.25) is 0 Å². The van der Waals surface area contributed by atoms with Gasteiger partial charge in [0.25, 0.3) is 0 Å². The number of morpholine rings is 1. The molecule has 0 bridgehead atoms. The lowest BCUT2D eigenvalue weighted by atomic mass is 9.95. The van der Waals surface area contributed by atoms with Crippen LogP contribution in [-0.4, -0.2) is 43.5 Å². The van der Waals surface area contributed by atoms with E-state index in [2.05, 4.69) is 56.1 Å². The minimum Gasteiger partial charge on any atom is -0.473 e. The maximum atomic E-state index is 6.38. The van der Waals surface area contributed by atoms with E-state index in [4.69, 9.17) is 14.2 Å². The molecular weight excluding hydrogens is 420 g/mol. The zero-order chi connectivity index (χ0) is 19.2. The van der Waals surface area contributed by atoms with E-state index in [1.165, 1.54) is 5.56 Å². The zero-order valence-corrected chi connectivity index (χ0v) is 17.6. The summed E-state index contributed by atoms with van der Waals surface area (Å²) in [6.45, 7) is 3.87. The van der Waals surface area contributed by atoms with Gasteiger partial charge in [-0.15, -0.1) is 0 Å². The van der Waals surface area contributed by atoms with E-state index < -0.39 is 0 Å². The molecular formula is C22H27BrN2O3. The highest BCUT2D eigenvalue weighted by atomic mass is 79.9. The van der Waals surface area contributed by atoms with Gasteiger partial charge in [0.1, 0.15) is 11.8 Å². The fourth-order valence-electron chi connectivity index (χ4n) is 3.84. The van der Waals surface area contributed by atoms with Gasteiger partial charge in [0.05, 0.1) is 25.9 Å². The molecule has 1 saturated carbocycles. The first-order valence-electron chi connectivity index (χ1n) is 10.1. The number of aromatic nitrogens is 1. The minimum absolute atomic E-state index is 0.142. The van der Waals surface area contributed by atoms with Crippen molar-refractivity contribution in [1.82, 2.24) is 4.98 Å². The Morgan fingerprint density at radius 2 is 1.89 bits per heavy atom. The Bertz CT molecular complexity index is 753. The Kier molecular flexibility index (Phi) is 6.83. The number of pyridine rings is 1. The quantitative estimate of drug-likeness (QED) is 0.649. The lowest BCUT2D eigenvalue weighted by Gasteiger charge is -2.33. The van der Waals surface area contributed by atoms with E-state index in [-0.39, 0.29) is 12.2 Å². The van der Waals surface area contributed by atoms with Gasteiger partial charge >= 0.3 is 0 Å². The van der Waals surface area contributed by atoms with Gasteiger partial charge in [0.2, 0.25) is 5.88 Å². The summed E-state index contributed by atoms with van der Waals surface area (Å²) in [6.07, 6.45) is 6.36. The van der Waals surface area contributed by atoms with Crippen LogP contribution in [0.25, 0.3) is 0 Å². The molecule has 1 aliphatic heterocycles. The van der Waals surface area contributed by atoms with Gasteiger partial charge in [-0.1, -0.05) is 30.3 Å². The fraction of sp³-hybridized carbons (Fsp3) is 0.500. The Morgan fingerprint density at radius 3 is 2.71 bits per heavy atom. The van der Waals surface area contributed by atoms with Gasteiger partial charge in [0, 0.05) is 30.2 Å². The molecule has 0 spiro atoms. The summed E-state index contributed by atoms with van der Waals surface area (Å²) in [6, 6.07) is 12.5. The van der Waals surface area contributed by atoms with Crippen molar-refractivity contribution in [1.29, 1.82) is 0 Å². The maximum Gasteiger partial charge on any atom is 0.237 e. The van der Waals surface area contributed by atoms with Crippen LogP contribution < -0.4 is 9.64 Å². The van der Waals surface area contributed by atoms with Gasteiger partial charge in [-0.25, -0.2) is 4.98 Å². The fourth-order valence-corrected chi connectivity index (χ4v) is 4.16. The number of hydrogen-bond donors (Lipinski definition) is 0. The Balaban J connectivity index is 1.38. The molecule has 150 valence electrons. The molecule has 1 saturated heterocycles. The number of nitrogens with zero attached hydrogens (tertiary/aromatic N) is 2. The van der Waals surface area contributed by atoms with Crippen LogP contribution in [0.3, 0.4) is 0 Å². The number of ether oxygens (including phenoxy) is 3. The second kappa shape index (κ2) is 9.72. The molecule has 1 aliphatic carbocycles. The lowest BCUT2D eigenvalue weighted by molar-refractivity contribution is -0.0171. The molecule has 6 heteroatoms. The van der Waals surface area contributed by atoms with Crippen molar-refractivity contribution in [3.05, 3.63) is 52.6 Å². The van der Waals surface area contributed by atoms with Gasteiger partial charge in [-0.05, 0) is 46.8 Å². The summed E-state index contributed by atoms with van der Waals surface area (Å²) in [5.74, 6) is 0.721. The minimum atomic E-state index is 0.142. The molecule has 2 aromatic rings. The van der Waals surface area contributed by atoms with E-state index in [9.17, 15) is 0 Å². The highest BCUT2D eigenvalue weighted by molar-refractivity contribution is 9.10. The monoisotopic (exact) mass is 446 g/mol. The van der Waals surface area contributed by atoms with E-state index in [1.807, 2.05) is 12.3 Å². The maximum absolute atomic E-state index is 6.38. The predicted octanol–water partition coefficient (Wildman–Crippen LogP) is 4.59. The Labute approximate surface area is 175 Å². The third-order valence-corrected chi connectivity index (χ3v) is 5.77. The van der Waals surface area contributed by atoms with Crippen LogP contribution in [0.1, 0.15) is 31.2 Å². The standard InChI is InChI=1S/C22H27BrN2O3/c23-18-13-21(25-9-11-26-12-10-25)22(24-15-18)28-20-8-4-7-19(14-20)27-16-17-5-2-1-3-6-17/h1-3,5-6,13,15,19-20H,4,7-12,14,16H2/t19-,20-/m1/s1. The summed E-state index contributed by atoms with van der Waals surface area (Å²) >= 11 is 3.54. The third-order valence-electron chi connectivity index (χ3n) is 5.34. The predicted molar refractivity (Wildman–Crippen MR) is 113 cm³/mol. The topological polar surface area (TPSA) is 43.8 Å². The molecule has 1 aromatic heterocycles. The Morgan fingerprint density at radius 1 is 1.11 bits per heavy atom. The summed E-state index contributed by atoms with van der Waals surface area (Å²) in [5.41, 5.74) is 2.26. The number of rotatable bonds is 6. The Hall–Kier alpha value is -1.63. The van der Waals surface area contributed by atoms with E-state index in [0.29, 0.717) is 6.61 Å². The highest BCUT2D eigenvalue weighted by Gasteiger charge is 2.26. The van der Waals surface area contributed by atoms with Crippen LogP contribution in [0.2, 0.25) is 0 Å². The highest BCUT2D eigenvalue weighted by Crippen LogP contribution is 2.33. The largest absolute Gasteiger partial charge is 0.473 e. The molecule has 2 fully saturated rings. The van der Waals surface area contributed by atoms with Crippen molar-refractivity contribution in [3.63, 3.8) is 0 Å². The van der Waals surface area contributed by atoms with Crippen molar-refractivity contribution in [2.24, 2.45) is 0 Å². The van der Waals surface area contributed by atoms with Crippen molar-refractivity contribution in [3.8, 4) is 5.88 Å². The average Bonchev–Trinajstić information content (AvgIpc) is 2.75. The van der Waals surface area contributed by atoms with Crippen LogP contribution >= 0.6 is 15.9 Å². The van der Waals surface area contributed by atoms with Crippen molar-refractivity contribution < 1.29 is 14.2 Å². The lowest BCUT2D eigenvalue weighted by Crippen LogP contribution is -2.37. The van der Waals surface area contributed by atoms with E-state index >= 15 is 0 Å². The summed E-state index contributed by atoms with van der Waals surface area (Å²) in [4.78, 5) is 6.87. The molecule has 2 atom stereocenters. The average molecular weight is 447 g/mol. The molecule has 2 heterocycles. The van der Waals surface area contributed by atoms with Crippen LogP contribution in [0.5, 0.6) is 5.88 Å². The van der Waals surface area contributed by atoms with Gasteiger partial charge in [0.15, 0.2) is 0 Å². The SMILES string of the molecule is Brc1cnc(O[C@@H]2CCC[C@@H](OCc3ccccc3)C2)c(N2CCOCC2)c1. The molecule has 28 heavy (non-hydrogen) atoms. The molecule has 5 nitrogen and oxygen atoms in total. The van der Waals surface area contributed by atoms with Gasteiger partial charge < -0.3 is 19.1 Å². The molecule has 4 rings (SSSR count). The molecule has 0 unspecified atom stereocenters. The van der Waals surface area contributed by atoms with Crippen LogP contribution in [0.4, 0.5) is 5.69 Å². The van der Waals surface area contributed by atoms with Crippen LogP contribution in [0.15, 0.2) is 47.1 Å². The molecule has 0 radical (unpaired) electrons. The molecule has 0 amide bonds. The first-order chi connectivity index (χ1) is 13.8. The third kappa shape index (κ3) is 5.25. The normalized spacial score (nSPS) is 22.8. The second-order valence-corrected chi connectivity index (χ2v) is 8.32. The number of anilines is 1. The van der Waals surface area contributed by atoms with Crippen LogP contribution in [0, 0.1) is 0 Å². The van der Waals surface area contributed by atoms with Crippen molar-refractivity contribution in [2.45, 2.75) is 44.5 Å². The van der Waals surface area contributed by atoms with Crippen molar-refractivity contribution >= 4 is 21.6 Å². The smallest absolute Gasteiger partial charge is 0.237 e. The molecule has 2 aliphatic rings. The summed E-state index contributed by atoms with van der Waals surface area (Å²) in [7, 11) is 0. The van der Waals surface area contributed by atoms with Crippen molar-refractivity contribution in [2.75, 3.05) is 31.2 Å². The number of halogens is 1. The summed E-state index contributed by atoms with van der Waals surface area (Å²) < 4.78 is 19.0. The van der Waals surface area contributed by atoms with Gasteiger partial charge in [-0.2, -0.15) is 0 Å². The second-order valence-electron chi connectivity index (χ2n) is 7.40.